The monoisotopic (exact) mass is 272 g/mol. The topological polar surface area (TPSA) is 3.01 Å². The Morgan fingerprint density at radius 1 is 1.15 bits per heavy atom. The molecule has 2 rings (SSSR count). The van der Waals surface area contributed by atoms with Crippen LogP contribution in [-0.2, 0) is 0 Å². The van der Waals surface area contributed by atoms with Gasteiger partial charge in [-0.05, 0) is 52.2 Å². The van der Waals surface area contributed by atoms with Crippen molar-refractivity contribution in [1.82, 2.24) is 0 Å². The highest BCUT2D eigenvalue weighted by Gasteiger charge is 2.42. The first-order valence-electron chi connectivity index (χ1n) is 8.01. The fraction of sp³-hybridized carbons (Fsp3) is 0.632. The van der Waals surface area contributed by atoms with E-state index in [1.807, 2.05) is 0 Å². The molecule has 110 valence electrons. The van der Waals surface area contributed by atoms with Gasteiger partial charge in [0.2, 0.25) is 5.71 Å². The van der Waals surface area contributed by atoms with Crippen LogP contribution >= 0.6 is 0 Å². The zero-order valence-electron chi connectivity index (χ0n) is 14.4. The van der Waals surface area contributed by atoms with Crippen molar-refractivity contribution in [3.8, 4) is 0 Å². The smallest absolute Gasteiger partial charge is 0.211 e. The molecule has 0 unspecified atom stereocenters. The van der Waals surface area contributed by atoms with Gasteiger partial charge in [0.25, 0.3) is 0 Å². The normalized spacial score (nSPS) is 21.6. The molecule has 1 nitrogen and oxygen atoms in total. The third-order valence-corrected chi connectivity index (χ3v) is 4.63. The van der Waals surface area contributed by atoms with Crippen molar-refractivity contribution in [3.05, 3.63) is 33.9 Å². The van der Waals surface area contributed by atoms with Gasteiger partial charge in [-0.1, -0.05) is 18.1 Å². The van der Waals surface area contributed by atoms with Crippen LogP contribution < -0.4 is 0 Å². The summed E-state index contributed by atoms with van der Waals surface area (Å²) in [5.41, 5.74) is 9.23. The maximum absolute atomic E-state index is 2.64. The lowest BCUT2D eigenvalue weighted by Crippen LogP contribution is -2.46. The molecule has 0 saturated heterocycles. The van der Waals surface area contributed by atoms with Gasteiger partial charge in [0.1, 0.15) is 6.54 Å². The number of allylic oxidation sites excluding steroid dienone is 5. The second kappa shape index (κ2) is 5.35. The van der Waals surface area contributed by atoms with Crippen LogP contribution in [-0.4, -0.2) is 22.4 Å². The predicted octanol–water partition coefficient (Wildman–Crippen LogP) is 5.04. The summed E-state index contributed by atoms with van der Waals surface area (Å²) in [7, 11) is 0. The van der Waals surface area contributed by atoms with E-state index in [4.69, 9.17) is 0 Å². The number of nitrogens with zero attached hydrogens (tertiary/aromatic N) is 1. The van der Waals surface area contributed by atoms with Crippen LogP contribution in [0.5, 0.6) is 0 Å². The number of hydrogen-bond donors (Lipinski definition) is 0. The minimum absolute atomic E-state index is 0.140. The van der Waals surface area contributed by atoms with Crippen molar-refractivity contribution in [2.24, 2.45) is 0 Å². The maximum atomic E-state index is 2.64. The second-order valence-corrected chi connectivity index (χ2v) is 7.13. The highest BCUT2D eigenvalue weighted by molar-refractivity contribution is 6.13. The largest absolute Gasteiger partial charge is 0.221 e. The summed E-state index contributed by atoms with van der Waals surface area (Å²) in [5.74, 6) is 0. The van der Waals surface area contributed by atoms with E-state index in [1.165, 1.54) is 47.4 Å². The third kappa shape index (κ3) is 2.43. The molecule has 0 aromatic heterocycles. The Labute approximate surface area is 124 Å². The Balaban J connectivity index is 2.78. The van der Waals surface area contributed by atoms with Gasteiger partial charge in [0.15, 0.2) is 5.54 Å². The van der Waals surface area contributed by atoms with Crippen LogP contribution in [0.1, 0.15) is 67.7 Å². The van der Waals surface area contributed by atoms with E-state index in [0.29, 0.717) is 0 Å². The third-order valence-electron chi connectivity index (χ3n) is 4.63. The molecule has 2 heterocycles. The molecule has 0 fully saturated rings. The lowest BCUT2D eigenvalue weighted by Gasteiger charge is -2.34. The van der Waals surface area contributed by atoms with Gasteiger partial charge in [-0.2, -0.15) is 0 Å². The molecule has 0 aliphatic carbocycles. The Bertz CT molecular complexity index is 542. The molecule has 0 bridgehead atoms. The van der Waals surface area contributed by atoms with Crippen molar-refractivity contribution in [2.45, 2.75) is 73.3 Å². The summed E-state index contributed by atoms with van der Waals surface area (Å²) in [5, 5.41) is 0. The average Bonchev–Trinajstić information content (AvgIpc) is 2.36. The Morgan fingerprint density at radius 2 is 1.80 bits per heavy atom. The van der Waals surface area contributed by atoms with Gasteiger partial charge in [-0.3, -0.25) is 0 Å². The van der Waals surface area contributed by atoms with E-state index in [2.05, 4.69) is 59.1 Å². The fourth-order valence-electron chi connectivity index (χ4n) is 3.72. The standard InChI is InChI=1S/C19H30N/c1-8-15-12-19(6,7)20-11-9-10-16(13(2)3)18(20)17(15)14(4)5/h12H,8-11H2,1-7H3/q+1. The average molecular weight is 272 g/mol. The van der Waals surface area contributed by atoms with Crippen molar-refractivity contribution >= 4 is 5.71 Å². The molecule has 0 amide bonds. The van der Waals surface area contributed by atoms with E-state index in [9.17, 15) is 0 Å². The minimum Gasteiger partial charge on any atom is -0.221 e. The molecule has 20 heavy (non-hydrogen) atoms. The first-order valence-corrected chi connectivity index (χ1v) is 8.01. The Kier molecular flexibility index (Phi) is 4.09. The quantitative estimate of drug-likeness (QED) is 0.589. The van der Waals surface area contributed by atoms with Crippen LogP contribution in [0.4, 0.5) is 0 Å². The Hall–Kier alpha value is -1.11. The molecular weight excluding hydrogens is 242 g/mol. The van der Waals surface area contributed by atoms with Crippen molar-refractivity contribution in [3.63, 3.8) is 0 Å². The van der Waals surface area contributed by atoms with Gasteiger partial charge < -0.3 is 0 Å². The molecule has 0 atom stereocenters. The molecule has 0 spiro atoms. The molecule has 2 aliphatic heterocycles. The minimum atomic E-state index is 0.140. The fourth-order valence-corrected chi connectivity index (χ4v) is 3.72. The summed E-state index contributed by atoms with van der Waals surface area (Å²) in [6.07, 6.45) is 6.13. The van der Waals surface area contributed by atoms with Gasteiger partial charge >= 0.3 is 0 Å². The highest BCUT2D eigenvalue weighted by Crippen LogP contribution is 2.36. The zero-order chi connectivity index (χ0) is 15.1. The number of rotatable bonds is 1. The molecule has 0 saturated carbocycles. The molecular formula is C19H30N+. The van der Waals surface area contributed by atoms with Crippen molar-refractivity contribution in [2.75, 3.05) is 6.54 Å². The van der Waals surface area contributed by atoms with Crippen LogP contribution in [0.25, 0.3) is 0 Å². The molecule has 2 aliphatic rings. The number of hydrogen-bond acceptors (Lipinski definition) is 0. The van der Waals surface area contributed by atoms with E-state index >= 15 is 0 Å². The van der Waals surface area contributed by atoms with Gasteiger partial charge in [0, 0.05) is 31.4 Å². The highest BCUT2D eigenvalue weighted by atomic mass is 15.1. The molecule has 1 heteroatoms. The summed E-state index contributed by atoms with van der Waals surface area (Å²) < 4.78 is 2.64. The van der Waals surface area contributed by atoms with E-state index < -0.39 is 0 Å². The van der Waals surface area contributed by atoms with Gasteiger partial charge in [-0.25, -0.2) is 4.58 Å². The summed E-state index contributed by atoms with van der Waals surface area (Å²) >= 11 is 0. The first kappa shape index (κ1) is 15.3. The molecule has 0 radical (unpaired) electrons. The van der Waals surface area contributed by atoms with Gasteiger partial charge in [-0.15, -0.1) is 0 Å². The first-order chi connectivity index (χ1) is 9.29. The maximum Gasteiger partial charge on any atom is 0.211 e. The van der Waals surface area contributed by atoms with E-state index in [1.54, 1.807) is 5.57 Å². The molecule has 0 N–H and O–H groups in total. The molecule has 0 aromatic rings. The lowest BCUT2D eigenvalue weighted by atomic mass is 9.79. The zero-order valence-corrected chi connectivity index (χ0v) is 14.4. The summed E-state index contributed by atoms with van der Waals surface area (Å²) in [4.78, 5) is 0. The summed E-state index contributed by atoms with van der Waals surface area (Å²) in [6, 6.07) is 0. The lowest BCUT2D eigenvalue weighted by molar-refractivity contribution is -0.591. The van der Waals surface area contributed by atoms with Gasteiger partial charge in [0.05, 0.1) is 0 Å². The van der Waals surface area contributed by atoms with Crippen molar-refractivity contribution < 1.29 is 4.58 Å². The van der Waals surface area contributed by atoms with Crippen LogP contribution in [0.3, 0.4) is 0 Å². The Morgan fingerprint density at radius 3 is 2.30 bits per heavy atom. The van der Waals surface area contributed by atoms with Crippen LogP contribution in [0.2, 0.25) is 0 Å². The molecule has 0 aromatic carbocycles. The predicted molar refractivity (Wildman–Crippen MR) is 88.6 cm³/mol. The van der Waals surface area contributed by atoms with Crippen molar-refractivity contribution in [1.29, 1.82) is 0 Å². The van der Waals surface area contributed by atoms with Crippen LogP contribution in [0, 0.1) is 0 Å². The summed E-state index contributed by atoms with van der Waals surface area (Å²) in [6.45, 7) is 17.3. The second-order valence-electron chi connectivity index (χ2n) is 7.13. The van der Waals surface area contributed by atoms with E-state index in [-0.39, 0.29) is 5.54 Å². The van der Waals surface area contributed by atoms with Crippen LogP contribution in [0.15, 0.2) is 33.9 Å². The van der Waals surface area contributed by atoms with E-state index in [0.717, 1.165) is 6.42 Å². The SMILES string of the molecule is CCC1=CC(C)(C)[N+]2=C(C(=C(C)C)CCC2)C1=C(C)C.